The van der Waals surface area contributed by atoms with E-state index in [1.807, 2.05) is 42.5 Å². The van der Waals surface area contributed by atoms with Crippen molar-refractivity contribution >= 4 is 35.0 Å². The quantitative estimate of drug-likeness (QED) is 0.566. The largest absolute Gasteiger partial charge is 0.250 e. The lowest BCUT2D eigenvalue weighted by molar-refractivity contribution is -0.698. The van der Waals surface area contributed by atoms with Crippen LogP contribution in [0.3, 0.4) is 0 Å². The SMILES string of the molecule is CCCCSC(Cc1ccc(Cl)cc1Cl)[n+]1cc[nH]c1. The third-order valence-corrected chi connectivity index (χ3v) is 5.02. The summed E-state index contributed by atoms with van der Waals surface area (Å²) in [4.78, 5) is 3.11. The van der Waals surface area contributed by atoms with Crippen molar-refractivity contribution in [1.29, 1.82) is 0 Å². The third kappa shape index (κ3) is 4.44. The molecule has 108 valence electrons. The van der Waals surface area contributed by atoms with Crippen LogP contribution in [0, 0.1) is 0 Å². The van der Waals surface area contributed by atoms with Crippen LogP contribution >= 0.6 is 35.0 Å². The average Bonchev–Trinajstić information content (AvgIpc) is 2.94. The van der Waals surface area contributed by atoms with Crippen molar-refractivity contribution in [1.82, 2.24) is 4.98 Å². The van der Waals surface area contributed by atoms with Crippen molar-refractivity contribution in [3.05, 3.63) is 52.5 Å². The number of aromatic amines is 1. The highest BCUT2D eigenvalue weighted by molar-refractivity contribution is 7.99. The molecule has 0 aliphatic heterocycles. The Morgan fingerprint density at radius 2 is 2.20 bits per heavy atom. The van der Waals surface area contributed by atoms with Gasteiger partial charge in [-0.2, -0.15) is 0 Å². The molecule has 1 heterocycles. The first-order chi connectivity index (χ1) is 9.70. The minimum absolute atomic E-state index is 0.353. The fourth-order valence-electron chi connectivity index (χ4n) is 1.97. The molecule has 1 atom stereocenters. The molecular weight excluding hydrogens is 311 g/mol. The van der Waals surface area contributed by atoms with Gasteiger partial charge in [-0.15, -0.1) is 11.8 Å². The van der Waals surface area contributed by atoms with Crippen LogP contribution in [0.5, 0.6) is 0 Å². The molecule has 20 heavy (non-hydrogen) atoms. The van der Waals surface area contributed by atoms with Gasteiger partial charge in [-0.1, -0.05) is 42.6 Å². The minimum atomic E-state index is 0.353. The number of imidazole rings is 1. The van der Waals surface area contributed by atoms with Crippen LogP contribution in [-0.2, 0) is 6.42 Å². The minimum Gasteiger partial charge on any atom is -0.250 e. The van der Waals surface area contributed by atoms with Gasteiger partial charge >= 0.3 is 0 Å². The van der Waals surface area contributed by atoms with Gasteiger partial charge in [0.2, 0.25) is 6.33 Å². The molecule has 0 radical (unpaired) electrons. The topological polar surface area (TPSA) is 19.7 Å². The van der Waals surface area contributed by atoms with E-state index in [9.17, 15) is 0 Å². The Kier molecular flexibility index (Phi) is 6.27. The number of nitrogens with zero attached hydrogens (tertiary/aromatic N) is 1. The number of halogens is 2. The zero-order chi connectivity index (χ0) is 14.4. The van der Waals surface area contributed by atoms with Gasteiger partial charge in [0.1, 0.15) is 12.4 Å². The van der Waals surface area contributed by atoms with Crippen LogP contribution in [0.25, 0.3) is 0 Å². The number of aromatic nitrogens is 2. The maximum Gasteiger partial charge on any atom is 0.242 e. The van der Waals surface area contributed by atoms with Gasteiger partial charge in [-0.25, -0.2) is 4.57 Å². The summed E-state index contributed by atoms with van der Waals surface area (Å²) in [6.45, 7) is 2.22. The lowest BCUT2D eigenvalue weighted by Crippen LogP contribution is -2.36. The van der Waals surface area contributed by atoms with Crippen molar-refractivity contribution in [3.63, 3.8) is 0 Å². The first kappa shape index (κ1) is 15.7. The molecule has 2 nitrogen and oxygen atoms in total. The maximum absolute atomic E-state index is 6.29. The predicted octanol–water partition coefficient (Wildman–Crippen LogP) is 4.88. The average molecular weight is 330 g/mol. The summed E-state index contributed by atoms with van der Waals surface area (Å²) in [7, 11) is 0. The number of rotatable bonds is 7. The lowest BCUT2D eigenvalue weighted by Gasteiger charge is -2.14. The van der Waals surface area contributed by atoms with E-state index in [4.69, 9.17) is 23.2 Å². The normalized spacial score (nSPS) is 12.6. The van der Waals surface area contributed by atoms with Crippen LogP contribution in [0.2, 0.25) is 10.0 Å². The molecule has 1 unspecified atom stereocenters. The van der Waals surface area contributed by atoms with E-state index >= 15 is 0 Å². The van der Waals surface area contributed by atoms with E-state index in [0.717, 1.165) is 22.8 Å². The number of unbranched alkanes of at least 4 members (excludes halogenated alkanes) is 1. The summed E-state index contributed by atoms with van der Waals surface area (Å²) in [6, 6.07) is 5.73. The third-order valence-electron chi connectivity index (χ3n) is 3.12. The van der Waals surface area contributed by atoms with Crippen molar-refractivity contribution < 1.29 is 4.57 Å². The molecule has 1 N–H and O–H groups in total. The number of nitrogens with one attached hydrogen (secondary N) is 1. The smallest absolute Gasteiger partial charge is 0.242 e. The maximum atomic E-state index is 6.29. The van der Waals surface area contributed by atoms with E-state index in [2.05, 4.69) is 22.7 Å². The second-order valence-corrected chi connectivity index (χ2v) is 6.81. The van der Waals surface area contributed by atoms with Gasteiger partial charge < -0.3 is 0 Å². The Hall–Kier alpha value is -0.640. The van der Waals surface area contributed by atoms with Crippen LogP contribution in [0.15, 0.2) is 36.9 Å². The molecule has 0 amide bonds. The standard InChI is InChI=1S/C15H18Cl2N2S/c1-2-3-8-20-15(19-7-6-18-11-19)9-12-4-5-13(16)10-14(12)17/h4-7,10-11,15H,2-3,8-9H2,1H3/p+1. The molecule has 2 rings (SSSR count). The molecule has 0 aliphatic carbocycles. The summed E-state index contributed by atoms with van der Waals surface area (Å²) in [5.74, 6) is 1.16. The van der Waals surface area contributed by atoms with E-state index in [1.165, 1.54) is 12.8 Å². The van der Waals surface area contributed by atoms with Crippen LogP contribution in [0.1, 0.15) is 30.7 Å². The van der Waals surface area contributed by atoms with Crippen molar-refractivity contribution in [3.8, 4) is 0 Å². The van der Waals surface area contributed by atoms with Gasteiger partial charge in [0, 0.05) is 16.5 Å². The Bertz CT molecular complexity index is 529. The van der Waals surface area contributed by atoms with E-state index in [1.54, 1.807) is 0 Å². The van der Waals surface area contributed by atoms with Gasteiger partial charge in [-0.3, -0.25) is 4.98 Å². The Morgan fingerprint density at radius 3 is 2.85 bits per heavy atom. The van der Waals surface area contributed by atoms with Crippen LogP contribution in [0.4, 0.5) is 0 Å². The predicted molar refractivity (Wildman–Crippen MR) is 87.6 cm³/mol. The van der Waals surface area contributed by atoms with Crippen molar-refractivity contribution in [2.45, 2.75) is 31.6 Å². The highest BCUT2D eigenvalue weighted by Gasteiger charge is 2.18. The summed E-state index contributed by atoms with van der Waals surface area (Å²) in [5.41, 5.74) is 1.14. The molecule has 0 fully saturated rings. The molecule has 5 heteroatoms. The van der Waals surface area contributed by atoms with Gasteiger partial charge in [0.15, 0.2) is 5.37 Å². The Morgan fingerprint density at radius 1 is 1.35 bits per heavy atom. The Balaban J connectivity index is 2.10. The highest BCUT2D eigenvalue weighted by Crippen LogP contribution is 2.28. The first-order valence-corrected chi connectivity index (χ1v) is 8.60. The molecule has 0 saturated heterocycles. The molecule has 1 aromatic heterocycles. The van der Waals surface area contributed by atoms with Gasteiger partial charge in [0.25, 0.3) is 0 Å². The summed E-state index contributed by atoms with van der Waals surface area (Å²) in [5, 5.41) is 1.78. The number of hydrogen-bond acceptors (Lipinski definition) is 1. The van der Waals surface area contributed by atoms with Crippen LogP contribution < -0.4 is 4.57 Å². The van der Waals surface area contributed by atoms with Crippen LogP contribution in [-0.4, -0.2) is 10.7 Å². The van der Waals surface area contributed by atoms with E-state index < -0.39 is 0 Å². The zero-order valence-corrected chi connectivity index (χ0v) is 13.8. The van der Waals surface area contributed by atoms with Crippen molar-refractivity contribution in [2.75, 3.05) is 5.75 Å². The van der Waals surface area contributed by atoms with Crippen molar-refractivity contribution in [2.24, 2.45) is 0 Å². The molecule has 0 bridgehead atoms. The second kappa shape index (κ2) is 7.96. The fourth-order valence-corrected chi connectivity index (χ4v) is 3.78. The molecule has 0 aliphatic rings. The van der Waals surface area contributed by atoms with Gasteiger partial charge in [0.05, 0.1) is 0 Å². The number of hydrogen-bond donors (Lipinski definition) is 1. The first-order valence-electron chi connectivity index (χ1n) is 6.79. The second-order valence-electron chi connectivity index (χ2n) is 4.68. The number of H-pyrrole nitrogens is 1. The fraction of sp³-hybridized carbons (Fsp3) is 0.400. The van der Waals surface area contributed by atoms with E-state index in [0.29, 0.717) is 10.4 Å². The zero-order valence-electron chi connectivity index (χ0n) is 11.5. The molecule has 2 aromatic rings. The molecule has 0 saturated carbocycles. The molecule has 0 spiro atoms. The van der Waals surface area contributed by atoms with Gasteiger partial charge in [-0.05, 0) is 29.9 Å². The van der Waals surface area contributed by atoms with E-state index in [-0.39, 0.29) is 0 Å². The molecular formula is C15H19Cl2N2S+. The summed E-state index contributed by atoms with van der Waals surface area (Å²) in [6.07, 6.45) is 9.35. The summed E-state index contributed by atoms with van der Waals surface area (Å²) < 4.78 is 2.20. The lowest BCUT2D eigenvalue weighted by atomic mass is 10.1. The monoisotopic (exact) mass is 329 g/mol. The molecule has 1 aromatic carbocycles. The summed E-state index contributed by atoms with van der Waals surface area (Å²) >= 11 is 14.2. The highest BCUT2D eigenvalue weighted by atomic mass is 35.5. The Labute approximate surface area is 134 Å². The number of thioether (sulfide) groups is 1. The number of benzene rings is 1.